The van der Waals surface area contributed by atoms with E-state index in [4.69, 9.17) is 17.3 Å². The average Bonchev–Trinajstić information content (AvgIpc) is 2.91. The highest BCUT2D eigenvalue weighted by Gasteiger charge is 2.21. The number of nitrogens with one attached hydrogen (secondary N) is 1. The highest BCUT2D eigenvalue weighted by Crippen LogP contribution is 2.36. The Hall–Kier alpha value is -1.36. The van der Waals surface area contributed by atoms with Crippen molar-refractivity contribution in [2.45, 2.75) is 19.4 Å². The van der Waals surface area contributed by atoms with Gasteiger partial charge in [0.05, 0.1) is 17.5 Å². The molecule has 0 saturated heterocycles. The van der Waals surface area contributed by atoms with Gasteiger partial charge in [-0.3, -0.25) is 4.79 Å². The summed E-state index contributed by atoms with van der Waals surface area (Å²) in [6, 6.07) is 5.60. The van der Waals surface area contributed by atoms with Crippen molar-refractivity contribution in [2.24, 2.45) is 5.73 Å². The number of amides is 1. The summed E-state index contributed by atoms with van der Waals surface area (Å²) in [5.74, 6) is 0.0331. The summed E-state index contributed by atoms with van der Waals surface area (Å²) >= 11 is 7.83. The maximum absolute atomic E-state index is 11.3. The molecule has 1 aliphatic rings. The summed E-state index contributed by atoms with van der Waals surface area (Å²) in [6.07, 6.45) is 0.424. The van der Waals surface area contributed by atoms with Crippen molar-refractivity contribution < 1.29 is 4.79 Å². The Morgan fingerprint density at radius 1 is 1.47 bits per heavy atom. The fraction of sp³-hybridized carbons (Fsp3) is 0.214. The van der Waals surface area contributed by atoms with E-state index in [0.29, 0.717) is 6.42 Å². The minimum absolute atomic E-state index is 0.0331. The van der Waals surface area contributed by atoms with Crippen molar-refractivity contribution in [1.82, 2.24) is 0 Å². The first kappa shape index (κ1) is 12.7. The van der Waals surface area contributed by atoms with E-state index in [9.17, 15) is 4.79 Å². The third-order valence-corrected chi connectivity index (χ3v) is 5.12. The minimum atomic E-state index is -0.243. The predicted octanol–water partition coefficient (Wildman–Crippen LogP) is 3.25. The van der Waals surface area contributed by atoms with Gasteiger partial charge in [0, 0.05) is 10.6 Å². The van der Waals surface area contributed by atoms with Gasteiger partial charge in [-0.25, -0.2) is 0 Å². The molecule has 1 aromatic heterocycles. The van der Waals surface area contributed by atoms with Gasteiger partial charge in [0.2, 0.25) is 5.91 Å². The molecular weight excluding hydrogens is 280 g/mol. The summed E-state index contributed by atoms with van der Waals surface area (Å²) in [5, 5.41) is 5.57. The molecule has 0 saturated carbocycles. The predicted molar refractivity (Wildman–Crippen MR) is 78.9 cm³/mol. The second kappa shape index (κ2) is 4.63. The standard InChI is InChI=1S/C14H13ClN2OS/c1-7-6-19-14(12(7)15)13(16)8-2-3-10-9(4-8)5-11(18)17-10/h2-4,6,13H,5,16H2,1H3,(H,17,18). The lowest BCUT2D eigenvalue weighted by atomic mass is 10.0. The molecule has 1 amide bonds. The lowest BCUT2D eigenvalue weighted by molar-refractivity contribution is -0.115. The first-order valence-electron chi connectivity index (χ1n) is 5.98. The van der Waals surface area contributed by atoms with Gasteiger partial charge < -0.3 is 11.1 Å². The SMILES string of the molecule is Cc1csc(C(N)c2ccc3c(c2)CC(=O)N3)c1Cl. The quantitative estimate of drug-likeness (QED) is 0.893. The molecule has 2 aromatic rings. The zero-order valence-electron chi connectivity index (χ0n) is 10.4. The van der Waals surface area contributed by atoms with Crippen LogP contribution in [-0.4, -0.2) is 5.91 Å². The minimum Gasteiger partial charge on any atom is -0.326 e. The first-order valence-corrected chi connectivity index (χ1v) is 7.24. The summed E-state index contributed by atoms with van der Waals surface area (Å²) in [6.45, 7) is 1.97. The van der Waals surface area contributed by atoms with Crippen LogP contribution in [0, 0.1) is 6.92 Å². The molecule has 3 nitrogen and oxygen atoms in total. The number of aryl methyl sites for hydroxylation is 1. The second-order valence-corrected chi connectivity index (χ2v) is 6.01. The van der Waals surface area contributed by atoms with E-state index in [1.54, 1.807) is 11.3 Å². The smallest absolute Gasteiger partial charge is 0.228 e. The number of thiophene rings is 1. The van der Waals surface area contributed by atoms with Crippen LogP contribution < -0.4 is 11.1 Å². The number of carbonyl (C=O) groups is 1. The normalized spacial score (nSPS) is 15.2. The largest absolute Gasteiger partial charge is 0.326 e. The maximum atomic E-state index is 11.3. The molecule has 0 fully saturated rings. The van der Waals surface area contributed by atoms with E-state index in [-0.39, 0.29) is 11.9 Å². The topological polar surface area (TPSA) is 55.1 Å². The van der Waals surface area contributed by atoms with Crippen molar-refractivity contribution in [2.75, 3.05) is 5.32 Å². The zero-order chi connectivity index (χ0) is 13.6. The van der Waals surface area contributed by atoms with E-state index in [1.807, 2.05) is 30.5 Å². The molecule has 1 atom stereocenters. The molecule has 1 aromatic carbocycles. The third kappa shape index (κ3) is 2.16. The van der Waals surface area contributed by atoms with Gasteiger partial charge in [0.15, 0.2) is 0 Å². The lowest BCUT2D eigenvalue weighted by Gasteiger charge is -2.12. The van der Waals surface area contributed by atoms with E-state index in [2.05, 4.69) is 5.32 Å². The van der Waals surface area contributed by atoms with Crippen LogP contribution in [-0.2, 0) is 11.2 Å². The molecule has 1 unspecified atom stereocenters. The van der Waals surface area contributed by atoms with Gasteiger partial charge in [-0.2, -0.15) is 0 Å². The summed E-state index contributed by atoms with van der Waals surface area (Å²) in [5.41, 5.74) is 10.2. The highest BCUT2D eigenvalue weighted by molar-refractivity contribution is 7.10. The number of carbonyl (C=O) groups excluding carboxylic acids is 1. The Balaban J connectivity index is 1.97. The lowest BCUT2D eigenvalue weighted by Crippen LogP contribution is -2.11. The molecule has 3 rings (SSSR count). The van der Waals surface area contributed by atoms with Gasteiger partial charge in [0.25, 0.3) is 0 Å². The molecule has 0 spiro atoms. The van der Waals surface area contributed by atoms with E-state index in [0.717, 1.165) is 32.3 Å². The number of rotatable bonds is 2. The average molecular weight is 293 g/mol. The van der Waals surface area contributed by atoms with Crippen LogP contribution in [0.4, 0.5) is 5.69 Å². The molecule has 0 bridgehead atoms. The fourth-order valence-electron chi connectivity index (χ4n) is 2.25. The highest BCUT2D eigenvalue weighted by atomic mass is 35.5. The number of nitrogens with two attached hydrogens (primary N) is 1. The number of fused-ring (bicyclic) bond motifs is 1. The van der Waals surface area contributed by atoms with Gasteiger partial charge in [-0.1, -0.05) is 23.7 Å². The van der Waals surface area contributed by atoms with Crippen LogP contribution in [0.5, 0.6) is 0 Å². The Morgan fingerprint density at radius 2 is 2.26 bits per heavy atom. The second-order valence-electron chi connectivity index (χ2n) is 4.72. The number of halogens is 1. The van der Waals surface area contributed by atoms with Crippen LogP contribution >= 0.6 is 22.9 Å². The molecule has 98 valence electrons. The van der Waals surface area contributed by atoms with E-state index >= 15 is 0 Å². The van der Waals surface area contributed by atoms with E-state index < -0.39 is 0 Å². The summed E-state index contributed by atoms with van der Waals surface area (Å²) in [4.78, 5) is 12.3. The zero-order valence-corrected chi connectivity index (χ0v) is 11.9. The van der Waals surface area contributed by atoms with Crippen LogP contribution in [0.25, 0.3) is 0 Å². The Kier molecular flexibility index (Phi) is 3.09. The third-order valence-electron chi connectivity index (χ3n) is 3.32. The summed E-state index contributed by atoms with van der Waals surface area (Å²) < 4.78 is 0. The molecule has 19 heavy (non-hydrogen) atoms. The van der Waals surface area contributed by atoms with Crippen molar-refractivity contribution in [3.05, 3.63) is 50.2 Å². The molecule has 0 radical (unpaired) electrons. The molecule has 5 heteroatoms. The molecular formula is C14H13ClN2OS. The van der Waals surface area contributed by atoms with Crippen molar-refractivity contribution in [3.8, 4) is 0 Å². The fourth-order valence-corrected chi connectivity index (χ4v) is 3.59. The maximum Gasteiger partial charge on any atom is 0.228 e. The van der Waals surface area contributed by atoms with E-state index in [1.165, 1.54) is 0 Å². The Bertz CT molecular complexity index is 665. The van der Waals surface area contributed by atoms with Crippen LogP contribution in [0.15, 0.2) is 23.6 Å². The van der Waals surface area contributed by atoms with Crippen LogP contribution in [0.2, 0.25) is 5.02 Å². The van der Waals surface area contributed by atoms with Crippen molar-refractivity contribution >= 4 is 34.5 Å². The van der Waals surface area contributed by atoms with Gasteiger partial charge in [-0.15, -0.1) is 11.3 Å². The number of hydrogen-bond donors (Lipinski definition) is 2. The Morgan fingerprint density at radius 3 is 2.95 bits per heavy atom. The monoisotopic (exact) mass is 292 g/mol. The van der Waals surface area contributed by atoms with Gasteiger partial charge in [-0.05, 0) is 35.1 Å². The number of anilines is 1. The molecule has 3 N–H and O–H groups in total. The van der Waals surface area contributed by atoms with Gasteiger partial charge >= 0.3 is 0 Å². The number of hydrogen-bond acceptors (Lipinski definition) is 3. The Labute approximate surface area is 120 Å². The summed E-state index contributed by atoms with van der Waals surface area (Å²) in [7, 11) is 0. The molecule has 2 heterocycles. The van der Waals surface area contributed by atoms with Crippen LogP contribution in [0.3, 0.4) is 0 Å². The number of benzene rings is 1. The molecule has 1 aliphatic heterocycles. The molecule has 0 aliphatic carbocycles. The first-order chi connectivity index (χ1) is 9.06. The van der Waals surface area contributed by atoms with Crippen molar-refractivity contribution in [3.63, 3.8) is 0 Å². The van der Waals surface area contributed by atoms with Crippen molar-refractivity contribution in [1.29, 1.82) is 0 Å². The van der Waals surface area contributed by atoms with Gasteiger partial charge in [0.1, 0.15) is 0 Å². The van der Waals surface area contributed by atoms with Crippen LogP contribution in [0.1, 0.15) is 27.6 Å².